The van der Waals surface area contributed by atoms with Crippen LogP contribution >= 0.6 is 0 Å². The summed E-state index contributed by atoms with van der Waals surface area (Å²) in [6, 6.07) is 0. The molecule has 2 aromatic rings. The number of esters is 2. The summed E-state index contributed by atoms with van der Waals surface area (Å²) >= 11 is 0. The third kappa shape index (κ3) is 5.46. The van der Waals surface area contributed by atoms with Gasteiger partial charge in [-0.3, -0.25) is 24.5 Å². The predicted molar refractivity (Wildman–Crippen MR) is 97.2 cm³/mol. The molecular formula is C17H24N4O7. The number of aromatic amines is 3. The van der Waals surface area contributed by atoms with Crippen molar-refractivity contribution in [3.63, 3.8) is 0 Å². The highest BCUT2D eigenvalue weighted by molar-refractivity contribution is 5.89. The molecule has 3 heterocycles. The second-order valence-corrected chi connectivity index (χ2v) is 5.81. The number of H-pyrrole nitrogens is 3. The Morgan fingerprint density at radius 1 is 1.11 bits per heavy atom. The summed E-state index contributed by atoms with van der Waals surface area (Å²) in [4.78, 5) is 44.6. The van der Waals surface area contributed by atoms with Gasteiger partial charge in [-0.25, -0.2) is 9.59 Å². The average molecular weight is 396 g/mol. The molecule has 0 spiro atoms. The lowest BCUT2D eigenvalue weighted by atomic mass is 10.2. The van der Waals surface area contributed by atoms with Gasteiger partial charge in [0.15, 0.2) is 0 Å². The molecule has 0 amide bonds. The Labute approximate surface area is 159 Å². The Morgan fingerprint density at radius 3 is 2.32 bits per heavy atom. The van der Waals surface area contributed by atoms with Gasteiger partial charge in [0.25, 0.3) is 11.1 Å². The van der Waals surface area contributed by atoms with Crippen molar-refractivity contribution < 1.29 is 23.8 Å². The van der Waals surface area contributed by atoms with E-state index in [2.05, 4.69) is 20.0 Å². The molecular weight excluding hydrogens is 372 g/mol. The van der Waals surface area contributed by atoms with Gasteiger partial charge < -0.3 is 19.3 Å². The molecule has 2 aromatic heterocycles. The lowest BCUT2D eigenvalue weighted by Gasteiger charge is -2.23. The smallest absolute Gasteiger partial charge is 0.345 e. The summed E-state index contributed by atoms with van der Waals surface area (Å²) in [5, 5.41) is 7.21. The first-order valence-electron chi connectivity index (χ1n) is 9.00. The lowest BCUT2D eigenvalue weighted by Crippen LogP contribution is -2.20. The maximum Gasteiger partial charge on any atom is 0.345 e. The van der Waals surface area contributed by atoms with Crippen molar-refractivity contribution in [1.29, 1.82) is 0 Å². The Balaban J connectivity index is 0.000000221. The Morgan fingerprint density at radius 2 is 1.79 bits per heavy atom. The van der Waals surface area contributed by atoms with Crippen LogP contribution in [0, 0.1) is 0 Å². The summed E-state index contributed by atoms with van der Waals surface area (Å²) in [7, 11) is 0. The zero-order valence-electron chi connectivity index (χ0n) is 15.8. The van der Waals surface area contributed by atoms with Crippen LogP contribution in [0.4, 0.5) is 0 Å². The quantitative estimate of drug-likeness (QED) is 0.637. The first kappa shape index (κ1) is 21.2. The van der Waals surface area contributed by atoms with Crippen LogP contribution in [-0.4, -0.2) is 51.7 Å². The molecule has 0 bridgehead atoms. The fourth-order valence-electron chi connectivity index (χ4n) is 2.53. The van der Waals surface area contributed by atoms with Gasteiger partial charge in [-0.1, -0.05) is 0 Å². The zero-order valence-corrected chi connectivity index (χ0v) is 15.8. The SMILES string of the molecule is CCOC(=O)c1c[nH][nH]c1=O.CCOC(=O)c1cn(C2CCCCO2)[nH]c1=O. The molecule has 154 valence electrons. The van der Waals surface area contributed by atoms with E-state index in [1.807, 2.05) is 0 Å². The molecule has 1 fully saturated rings. The standard InChI is InChI=1S/C11H16N2O4.C6H8N2O3/c1-2-16-11(15)8-7-13(12-10(8)14)9-5-3-4-6-17-9;1-2-11-6(10)4-3-7-8-5(4)9/h7,9H,2-6H2,1H3,(H,12,14);3H,2H2,1H3,(H2,7,8,9). The molecule has 3 N–H and O–H groups in total. The van der Waals surface area contributed by atoms with E-state index in [0.717, 1.165) is 19.3 Å². The molecule has 0 radical (unpaired) electrons. The number of carbonyl (C=O) groups is 2. The van der Waals surface area contributed by atoms with Crippen LogP contribution in [0.15, 0.2) is 22.0 Å². The average Bonchev–Trinajstić information content (AvgIpc) is 3.29. The van der Waals surface area contributed by atoms with Gasteiger partial charge in [0.1, 0.15) is 17.4 Å². The van der Waals surface area contributed by atoms with E-state index in [1.54, 1.807) is 18.5 Å². The van der Waals surface area contributed by atoms with Crippen LogP contribution in [0.1, 0.15) is 60.1 Å². The van der Waals surface area contributed by atoms with Gasteiger partial charge in [-0.15, -0.1) is 0 Å². The molecule has 11 nitrogen and oxygen atoms in total. The zero-order chi connectivity index (χ0) is 20.5. The Hall–Kier alpha value is -3.08. The molecule has 0 aromatic carbocycles. The first-order valence-corrected chi connectivity index (χ1v) is 9.00. The van der Waals surface area contributed by atoms with E-state index in [1.165, 1.54) is 12.4 Å². The van der Waals surface area contributed by atoms with E-state index >= 15 is 0 Å². The van der Waals surface area contributed by atoms with Gasteiger partial charge in [0, 0.05) is 19.0 Å². The number of ether oxygens (including phenoxy) is 3. The van der Waals surface area contributed by atoms with Gasteiger partial charge in [0.2, 0.25) is 0 Å². The second-order valence-electron chi connectivity index (χ2n) is 5.81. The van der Waals surface area contributed by atoms with Crippen molar-refractivity contribution in [2.45, 2.75) is 39.3 Å². The van der Waals surface area contributed by atoms with E-state index in [-0.39, 0.29) is 30.6 Å². The summed E-state index contributed by atoms with van der Waals surface area (Å²) < 4.78 is 16.4. The molecule has 1 atom stereocenters. The van der Waals surface area contributed by atoms with Crippen molar-refractivity contribution in [2.75, 3.05) is 19.8 Å². The van der Waals surface area contributed by atoms with Gasteiger partial charge in [-0.2, -0.15) is 0 Å². The van der Waals surface area contributed by atoms with Crippen LogP contribution in [0.5, 0.6) is 0 Å². The van der Waals surface area contributed by atoms with Crippen LogP contribution in [0.25, 0.3) is 0 Å². The minimum Gasteiger partial charge on any atom is -0.462 e. The molecule has 1 aliphatic rings. The number of carbonyl (C=O) groups excluding carboxylic acids is 2. The molecule has 1 aliphatic heterocycles. The molecule has 0 saturated carbocycles. The van der Waals surface area contributed by atoms with E-state index in [4.69, 9.17) is 9.47 Å². The number of hydrogen-bond donors (Lipinski definition) is 3. The minimum absolute atomic E-state index is 0.00634. The number of hydrogen-bond acceptors (Lipinski definition) is 7. The van der Waals surface area contributed by atoms with Crippen molar-refractivity contribution in [1.82, 2.24) is 20.0 Å². The monoisotopic (exact) mass is 396 g/mol. The lowest BCUT2D eigenvalue weighted by molar-refractivity contribution is -0.0397. The van der Waals surface area contributed by atoms with Gasteiger partial charge in [-0.05, 0) is 33.1 Å². The third-order valence-corrected chi connectivity index (χ3v) is 3.85. The topological polar surface area (TPSA) is 148 Å². The molecule has 3 rings (SSSR count). The maximum absolute atomic E-state index is 11.6. The van der Waals surface area contributed by atoms with Crippen molar-refractivity contribution in [3.05, 3.63) is 44.2 Å². The summed E-state index contributed by atoms with van der Waals surface area (Å²) in [5.41, 5.74) is -0.853. The van der Waals surface area contributed by atoms with E-state index < -0.39 is 23.1 Å². The highest BCUT2D eigenvalue weighted by Gasteiger charge is 2.20. The molecule has 1 saturated heterocycles. The Bertz CT molecular complexity index is 886. The highest BCUT2D eigenvalue weighted by Crippen LogP contribution is 2.21. The minimum atomic E-state index is -0.602. The normalized spacial score (nSPS) is 16.0. The van der Waals surface area contributed by atoms with Crippen LogP contribution < -0.4 is 11.1 Å². The summed E-state index contributed by atoms with van der Waals surface area (Å²) in [5.74, 6) is -1.20. The Kier molecular flexibility index (Phi) is 7.81. The number of rotatable bonds is 5. The third-order valence-electron chi connectivity index (χ3n) is 3.85. The van der Waals surface area contributed by atoms with Crippen LogP contribution in [-0.2, 0) is 14.2 Å². The number of nitrogens with zero attached hydrogens (tertiary/aromatic N) is 1. The maximum atomic E-state index is 11.6. The summed E-state index contributed by atoms with van der Waals surface area (Å²) in [6.45, 7) is 4.58. The first-order chi connectivity index (χ1) is 13.5. The molecule has 0 aliphatic carbocycles. The summed E-state index contributed by atoms with van der Waals surface area (Å²) in [6.07, 6.45) is 5.50. The van der Waals surface area contributed by atoms with E-state index in [9.17, 15) is 19.2 Å². The molecule has 11 heteroatoms. The van der Waals surface area contributed by atoms with Crippen molar-refractivity contribution in [2.24, 2.45) is 0 Å². The van der Waals surface area contributed by atoms with E-state index in [0.29, 0.717) is 6.61 Å². The highest BCUT2D eigenvalue weighted by atomic mass is 16.5. The van der Waals surface area contributed by atoms with Crippen LogP contribution in [0.2, 0.25) is 0 Å². The van der Waals surface area contributed by atoms with Crippen molar-refractivity contribution in [3.8, 4) is 0 Å². The van der Waals surface area contributed by atoms with Gasteiger partial charge in [0.05, 0.1) is 13.2 Å². The molecule has 1 unspecified atom stereocenters. The predicted octanol–water partition coefficient (Wildman–Crippen LogP) is 0.932. The number of aromatic nitrogens is 4. The van der Waals surface area contributed by atoms with Gasteiger partial charge >= 0.3 is 11.9 Å². The second kappa shape index (κ2) is 10.3. The van der Waals surface area contributed by atoms with Crippen molar-refractivity contribution >= 4 is 11.9 Å². The fourth-order valence-corrected chi connectivity index (χ4v) is 2.53. The van der Waals surface area contributed by atoms with Crippen LogP contribution in [0.3, 0.4) is 0 Å². The number of nitrogens with one attached hydrogen (secondary N) is 3. The molecule has 28 heavy (non-hydrogen) atoms. The fraction of sp³-hybridized carbons (Fsp3) is 0.529. The largest absolute Gasteiger partial charge is 0.462 e.